The van der Waals surface area contributed by atoms with E-state index in [0.29, 0.717) is 6.07 Å². The Balaban J connectivity index is 2.71. The Labute approximate surface area is 72.6 Å². The molecular formula is C8H5F2O3-. The first-order valence-corrected chi connectivity index (χ1v) is 3.36. The highest BCUT2D eigenvalue weighted by Crippen LogP contribution is 2.14. The van der Waals surface area contributed by atoms with Gasteiger partial charge < -0.3 is 14.6 Å². The van der Waals surface area contributed by atoms with Crippen LogP contribution in [0.5, 0.6) is 5.75 Å². The third kappa shape index (κ3) is 3.06. The van der Waals surface area contributed by atoms with Gasteiger partial charge in [-0.15, -0.1) is 0 Å². The van der Waals surface area contributed by atoms with Gasteiger partial charge in [0, 0.05) is 18.2 Å². The summed E-state index contributed by atoms with van der Waals surface area (Å²) in [5.41, 5.74) is 0. The van der Waals surface area contributed by atoms with E-state index in [1.165, 1.54) is 0 Å². The summed E-state index contributed by atoms with van der Waals surface area (Å²) < 4.78 is 29.4. The Hall–Kier alpha value is -1.65. The summed E-state index contributed by atoms with van der Waals surface area (Å²) >= 11 is 0. The fraction of sp³-hybridized carbons (Fsp3) is 0.125. The number of aliphatic carboxylic acids is 1. The molecule has 1 rings (SSSR count). The van der Waals surface area contributed by atoms with Crippen LogP contribution < -0.4 is 9.84 Å². The van der Waals surface area contributed by atoms with Crippen molar-refractivity contribution < 1.29 is 23.4 Å². The number of hydrogen-bond donors (Lipinski definition) is 0. The fourth-order valence-electron chi connectivity index (χ4n) is 0.754. The van der Waals surface area contributed by atoms with E-state index in [1.807, 2.05) is 0 Å². The molecule has 0 aliphatic carbocycles. The van der Waals surface area contributed by atoms with E-state index < -0.39 is 24.2 Å². The van der Waals surface area contributed by atoms with Crippen molar-refractivity contribution in [2.75, 3.05) is 6.61 Å². The van der Waals surface area contributed by atoms with Crippen molar-refractivity contribution in [1.82, 2.24) is 0 Å². The first kappa shape index (κ1) is 9.44. The number of halogens is 2. The van der Waals surface area contributed by atoms with Crippen molar-refractivity contribution in [3.8, 4) is 5.75 Å². The van der Waals surface area contributed by atoms with Crippen LogP contribution >= 0.6 is 0 Å². The predicted octanol–water partition coefficient (Wildman–Crippen LogP) is 0.0935. The predicted molar refractivity (Wildman–Crippen MR) is 36.9 cm³/mol. The van der Waals surface area contributed by atoms with Crippen LogP contribution in [-0.4, -0.2) is 12.6 Å². The number of hydrogen-bond acceptors (Lipinski definition) is 3. The molecule has 0 aromatic heterocycles. The molecular weight excluding hydrogens is 182 g/mol. The molecule has 0 unspecified atom stereocenters. The van der Waals surface area contributed by atoms with Crippen molar-refractivity contribution in [2.24, 2.45) is 0 Å². The molecule has 70 valence electrons. The van der Waals surface area contributed by atoms with Crippen molar-refractivity contribution in [1.29, 1.82) is 0 Å². The second-order valence-corrected chi connectivity index (χ2v) is 2.27. The van der Waals surface area contributed by atoms with Gasteiger partial charge in [0.05, 0.1) is 5.97 Å². The summed E-state index contributed by atoms with van der Waals surface area (Å²) in [5, 5.41) is 9.92. The standard InChI is InChI=1S/C8H6F2O3/c9-5-1-6(10)3-7(2-5)13-4-8(11)12/h1-3H,4H2,(H,11,12)/p-1. The number of carboxylic acid groups (broad SMARTS) is 1. The molecule has 1 aromatic rings. The van der Waals surface area contributed by atoms with E-state index in [4.69, 9.17) is 0 Å². The molecule has 0 N–H and O–H groups in total. The van der Waals surface area contributed by atoms with E-state index in [1.54, 1.807) is 0 Å². The average molecular weight is 187 g/mol. The highest BCUT2D eigenvalue weighted by atomic mass is 19.1. The van der Waals surface area contributed by atoms with Gasteiger partial charge in [0.15, 0.2) is 0 Å². The highest BCUT2D eigenvalue weighted by molar-refractivity contribution is 5.66. The van der Waals surface area contributed by atoms with Crippen LogP contribution in [0.4, 0.5) is 8.78 Å². The third-order valence-electron chi connectivity index (χ3n) is 1.19. The van der Waals surface area contributed by atoms with E-state index in [-0.39, 0.29) is 5.75 Å². The van der Waals surface area contributed by atoms with Crippen LogP contribution in [0.15, 0.2) is 18.2 Å². The second-order valence-electron chi connectivity index (χ2n) is 2.27. The fourth-order valence-corrected chi connectivity index (χ4v) is 0.754. The Morgan fingerprint density at radius 3 is 2.31 bits per heavy atom. The minimum Gasteiger partial charge on any atom is -0.546 e. The Kier molecular flexibility index (Phi) is 2.79. The second kappa shape index (κ2) is 3.84. The van der Waals surface area contributed by atoms with Crippen LogP contribution in [0.2, 0.25) is 0 Å². The molecule has 0 atom stereocenters. The van der Waals surface area contributed by atoms with Crippen molar-refractivity contribution in [2.45, 2.75) is 0 Å². The van der Waals surface area contributed by atoms with Gasteiger partial charge in [0.2, 0.25) is 0 Å². The van der Waals surface area contributed by atoms with Gasteiger partial charge in [-0.25, -0.2) is 8.78 Å². The molecule has 0 fully saturated rings. The molecule has 0 aliphatic rings. The number of carbonyl (C=O) groups is 1. The van der Waals surface area contributed by atoms with Crippen LogP contribution in [0.1, 0.15) is 0 Å². The first-order valence-electron chi connectivity index (χ1n) is 3.36. The Morgan fingerprint density at radius 2 is 1.85 bits per heavy atom. The molecule has 0 bridgehead atoms. The molecule has 3 nitrogen and oxygen atoms in total. The number of benzene rings is 1. The molecule has 13 heavy (non-hydrogen) atoms. The molecule has 0 saturated heterocycles. The molecule has 5 heteroatoms. The smallest absolute Gasteiger partial charge is 0.129 e. The zero-order valence-corrected chi connectivity index (χ0v) is 6.42. The molecule has 0 radical (unpaired) electrons. The quantitative estimate of drug-likeness (QED) is 0.673. The summed E-state index contributed by atoms with van der Waals surface area (Å²) in [6.07, 6.45) is 0. The van der Waals surface area contributed by atoms with Crippen LogP contribution in [-0.2, 0) is 4.79 Å². The Morgan fingerprint density at radius 1 is 1.31 bits per heavy atom. The van der Waals surface area contributed by atoms with Gasteiger partial charge >= 0.3 is 0 Å². The maximum Gasteiger partial charge on any atom is 0.129 e. The van der Waals surface area contributed by atoms with Gasteiger partial charge in [-0.3, -0.25) is 0 Å². The zero-order valence-electron chi connectivity index (χ0n) is 6.42. The minimum absolute atomic E-state index is 0.179. The SMILES string of the molecule is O=C([O-])COc1cc(F)cc(F)c1. The largest absolute Gasteiger partial charge is 0.546 e. The van der Waals surface area contributed by atoms with E-state index in [0.717, 1.165) is 12.1 Å². The topological polar surface area (TPSA) is 49.4 Å². The normalized spacial score (nSPS) is 9.69. The van der Waals surface area contributed by atoms with E-state index in [9.17, 15) is 18.7 Å². The molecule has 0 aliphatic heterocycles. The lowest BCUT2D eigenvalue weighted by Gasteiger charge is -2.06. The lowest BCUT2D eigenvalue weighted by Crippen LogP contribution is -2.28. The first-order chi connectivity index (χ1) is 6.08. The lowest BCUT2D eigenvalue weighted by molar-refractivity contribution is -0.307. The van der Waals surface area contributed by atoms with Crippen molar-refractivity contribution in [3.05, 3.63) is 29.8 Å². The molecule has 0 saturated carbocycles. The maximum absolute atomic E-state index is 12.5. The lowest BCUT2D eigenvalue weighted by atomic mass is 10.3. The summed E-state index contributed by atoms with van der Waals surface area (Å²) in [7, 11) is 0. The van der Waals surface area contributed by atoms with E-state index in [2.05, 4.69) is 4.74 Å². The monoisotopic (exact) mass is 187 g/mol. The number of ether oxygens (including phenoxy) is 1. The van der Waals surface area contributed by atoms with Crippen LogP contribution in [0, 0.1) is 11.6 Å². The molecule has 0 spiro atoms. The van der Waals surface area contributed by atoms with Gasteiger partial charge in [0.1, 0.15) is 24.0 Å². The van der Waals surface area contributed by atoms with Gasteiger partial charge in [-0.2, -0.15) is 0 Å². The minimum atomic E-state index is -1.45. The average Bonchev–Trinajstić information content (AvgIpc) is 1.99. The number of carbonyl (C=O) groups excluding carboxylic acids is 1. The molecule has 1 aromatic carbocycles. The summed E-state index contributed by atoms with van der Waals surface area (Å²) in [4.78, 5) is 9.92. The molecule has 0 heterocycles. The molecule has 0 amide bonds. The van der Waals surface area contributed by atoms with E-state index >= 15 is 0 Å². The summed E-state index contributed by atoms with van der Waals surface area (Å²) in [6.45, 7) is -0.733. The van der Waals surface area contributed by atoms with Crippen molar-refractivity contribution in [3.63, 3.8) is 0 Å². The summed E-state index contributed by atoms with van der Waals surface area (Å²) in [6, 6.07) is 2.42. The van der Waals surface area contributed by atoms with Crippen LogP contribution in [0.25, 0.3) is 0 Å². The van der Waals surface area contributed by atoms with Gasteiger partial charge in [0.25, 0.3) is 0 Å². The van der Waals surface area contributed by atoms with Gasteiger partial charge in [-0.05, 0) is 0 Å². The number of carboxylic acids is 1. The maximum atomic E-state index is 12.5. The third-order valence-corrected chi connectivity index (χ3v) is 1.19. The number of rotatable bonds is 3. The van der Waals surface area contributed by atoms with Crippen LogP contribution in [0.3, 0.4) is 0 Å². The summed E-state index contributed by atoms with van der Waals surface area (Å²) in [5.74, 6) is -3.28. The van der Waals surface area contributed by atoms with Gasteiger partial charge in [-0.1, -0.05) is 0 Å². The Bertz CT molecular complexity index is 305. The van der Waals surface area contributed by atoms with Crippen molar-refractivity contribution >= 4 is 5.97 Å². The highest BCUT2D eigenvalue weighted by Gasteiger charge is 2.00. The zero-order chi connectivity index (χ0) is 9.84.